The maximum Gasteiger partial charge on any atom is 0.383 e. The normalized spacial score (nSPS) is 11.9. The maximum absolute atomic E-state index is 12.5. The molecule has 1 rings (SSSR count). The molecule has 1 N–H and O–H groups in total. The second kappa shape index (κ2) is 5.11. The standard InChI is InChI=1S/C8H9F4N3O2/c1-4-14-5(17-15-4)2-3-13-7(16)8(11,12)6(9)10/h6H,2-3H2,1H3,(H,13,16). The highest BCUT2D eigenvalue weighted by Crippen LogP contribution is 2.22. The Hall–Kier alpha value is -1.67. The molecular weight excluding hydrogens is 246 g/mol. The van der Waals surface area contributed by atoms with Crippen LogP contribution in [0.25, 0.3) is 0 Å². The summed E-state index contributed by atoms with van der Waals surface area (Å²) >= 11 is 0. The molecule has 0 bridgehead atoms. The summed E-state index contributed by atoms with van der Waals surface area (Å²) in [6.45, 7) is 1.26. The summed E-state index contributed by atoms with van der Waals surface area (Å²) in [5.74, 6) is -6.23. The van der Waals surface area contributed by atoms with Gasteiger partial charge < -0.3 is 9.84 Å². The van der Waals surface area contributed by atoms with Crippen LogP contribution in [-0.4, -0.2) is 34.9 Å². The molecule has 1 aromatic heterocycles. The second-order valence-corrected chi connectivity index (χ2v) is 3.16. The van der Waals surface area contributed by atoms with E-state index < -0.39 is 18.3 Å². The topological polar surface area (TPSA) is 68.0 Å². The van der Waals surface area contributed by atoms with Crippen molar-refractivity contribution in [1.82, 2.24) is 15.5 Å². The van der Waals surface area contributed by atoms with Gasteiger partial charge in [-0.05, 0) is 6.92 Å². The predicted molar refractivity (Wildman–Crippen MR) is 46.7 cm³/mol. The van der Waals surface area contributed by atoms with E-state index in [0.717, 1.165) is 0 Å². The molecule has 1 aromatic rings. The highest BCUT2D eigenvalue weighted by Gasteiger charge is 2.48. The first-order chi connectivity index (χ1) is 7.84. The molecule has 1 amide bonds. The van der Waals surface area contributed by atoms with E-state index in [1.807, 2.05) is 0 Å². The van der Waals surface area contributed by atoms with E-state index in [9.17, 15) is 22.4 Å². The van der Waals surface area contributed by atoms with Gasteiger partial charge >= 0.3 is 12.3 Å². The Bertz CT molecular complexity index is 394. The Balaban J connectivity index is 2.39. The third-order valence-electron chi connectivity index (χ3n) is 1.77. The van der Waals surface area contributed by atoms with Crippen molar-refractivity contribution in [3.63, 3.8) is 0 Å². The van der Waals surface area contributed by atoms with Crippen molar-refractivity contribution in [2.75, 3.05) is 6.54 Å². The molecule has 0 aromatic carbocycles. The van der Waals surface area contributed by atoms with E-state index in [2.05, 4.69) is 14.7 Å². The third-order valence-corrected chi connectivity index (χ3v) is 1.77. The van der Waals surface area contributed by atoms with Crippen molar-refractivity contribution >= 4 is 5.91 Å². The van der Waals surface area contributed by atoms with Crippen LogP contribution >= 0.6 is 0 Å². The van der Waals surface area contributed by atoms with Gasteiger partial charge in [0.15, 0.2) is 5.82 Å². The van der Waals surface area contributed by atoms with Crippen molar-refractivity contribution in [3.8, 4) is 0 Å². The van der Waals surface area contributed by atoms with Gasteiger partial charge in [-0.25, -0.2) is 8.78 Å². The Kier molecular flexibility index (Phi) is 4.02. The zero-order chi connectivity index (χ0) is 13.1. The maximum atomic E-state index is 12.5. The molecule has 0 atom stereocenters. The fourth-order valence-electron chi connectivity index (χ4n) is 0.941. The largest absolute Gasteiger partial charge is 0.383 e. The van der Waals surface area contributed by atoms with Gasteiger partial charge in [0.1, 0.15) is 0 Å². The van der Waals surface area contributed by atoms with Crippen molar-refractivity contribution in [1.29, 1.82) is 0 Å². The molecule has 0 unspecified atom stereocenters. The number of nitrogens with zero attached hydrogens (tertiary/aromatic N) is 2. The van der Waals surface area contributed by atoms with Crippen LogP contribution in [0, 0.1) is 6.92 Å². The molecule has 0 radical (unpaired) electrons. The molecule has 0 fully saturated rings. The first kappa shape index (κ1) is 13.4. The number of aryl methyl sites for hydroxylation is 1. The summed E-state index contributed by atoms with van der Waals surface area (Å²) in [5, 5.41) is 5.09. The lowest BCUT2D eigenvalue weighted by molar-refractivity contribution is -0.169. The lowest BCUT2D eigenvalue weighted by Crippen LogP contribution is -2.45. The molecule has 0 aliphatic carbocycles. The van der Waals surface area contributed by atoms with Gasteiger partial charge in [0.25, 0.3) is 5.91 Å². The van der Waals surface area contributed by atoms with Crippen LogP contribution in [0.3, 0.4) is 0 Å². The van der Waals surface area contributed by atoms with Crippen LogP contribution in [0.2, 0.25) is 0 Å². The molecule has 0 spiro atoms. The number of nitrogens with one attached hydrogen (secondary N) is 1. The van der Waals surface area contributed by atoms with Gasteiger partial charge in [-0.1, -0.05) is 5.16 Å². The van der Waals surface area contributed by atoms with Gasteiger partial charge in [-0.3, -0.25) is 4.79 Å². The number of halogens is 4. The Morgan fingerprint density at radius 1 is 1.53 bits per heavy atom. The predicted octanol–water partition coefficient (Wildman–Crippen LogP) is 0.937. The smallest absolute Gasteiger partial charge is 0.350 e. The molecule has 5 nitrogen and oxygen atoms in total. The molecule has 0 saturated heterocycles. The average molecular weight is 255 g/mol. The number of carbonyl (C=O) groups excluding carboxylic acids is 1. The fraction of sp³-hybridized carbons (Fsp3) is 0.625. The molecular formula is C8H9F4N3O2. The van der Waals surface area contributed by atoms with Crippen molar-refractivity contribution in [2.45, 2.75) is 25.7 Å². The highest BCUT2D eigenvalue weighted by atomic mass is 19.3. The van der Waals surface area contributed by atoms with Gasteiger partial charge in [-0.2, -0.15) is 13.8 Å². The third kappa shape index (κ3) is 3.40. The number of carbonyl (C=O) groups is 1. The zero-order valence-electron chi connectivity index (χ0n) is 8.71. The summed E-state index contributed by atoms with van der Waals surface area (Å²) < 4.78 is 53.1. The van der Waals surface area contributed by atoms with Crippen LogP contribution in [0.5, 0.6) is 0 Å². The average Bonchev–Trinajstić information content (AvgIpc) is 2.63. The first-order valence-corrected chi connectivity index (χ1v) is 4.57. The number of hydrogen-bond donors (Lipinski definition) is 1. The van der Waals surface area contributed by atoms with Gasteiger partial charge in [0.2, 0.25) is 5.89 Å². The number of aromatic nitrogens is 2. The molecule has 9 heteroatoms. The van der Waals surface area contributed by atoms with Crippen molar-refractivity contribution in [2.24, 2.45) is 0 Å². The number of amides is 1. The van der Waals surface area contributed by atoms with E-state index in [4.69, 9.17) is 0 Å². The van der Waals surface area contributed by atoms with Crippen molar-refractivity contribution in [3.05, 3.63) is 11.7 Å². The van der Waals surface area contributed by atoms with Crippen LogP contribution in [0.15, 0.2) is 4.52 Å². The highest BCUT2D eigenvalue weighted by molar-refractivity contribution is 5.83. The number of hydrogen-bond acceptors (Lipinski definition) is 4. The number of rotatable bonds is 5. The minimum absolute atomic E-state index is 0.00804. The van der Waals surface area contributed by atoms with E-state index >= 15 is 0 Å². The van der Waals surface area contributed by atoms with E-state index in [1.54, 1.807) is 12.2 Å². The quantitative estimate of drug-likeness (QED) is 0.795. The number of alkyl halides is 4. The van der Waals surface area contributed by atoms with Crippen LogP contribution in [0.4, 0.5) is 17.6 Å². The Labute approximate surface area is 93.2 Å². The molecule has 17 heavy (non-hydrogen) atoms. The Morgan fingerprint density at radius 3 is 2.65 bits per heavy atom. The van der Waals surface area contributed by atoms with Gasteiger partial charge in [-0.15, -0.1) is 0 Å². The lowest BCUT2D eigenvalue weighted by atomic mass is 10.3. The second-order valence-electron chi connectivity index (χ2n) is 3.16. The molecule has 96 valence electrons. The lowest BCUT2D eigenvalue weighted by Gasteiger charge is -2.14. The summed E-state index contributed by atoms with van der Waals surface area (Å²) in [7, 11) is 0. The minimum Gasteiger partial charge on any atom is -0.350 e. The molecule has 0 aliphatic heterocycles. The Morgan fingerprint density at radius 2 is 2.18 bits per heavy atom. The first-order valence-electron chi connectivity index (χ1n) is 4.57. The minimum atomic E-state index is -4.69. The van der Waals surface area contributed by atoms with Gasteiger partial charge in [0, 0.05) is 13.0 Å². The van der Waals surface area contributed by atoms with Gasteiger partial charge in [0.05, 0.1) is 0 Å². The monoisotopic (exact) mass is 255 g/mol. The molecule has 1 heterocycles. The van der Waals surface area contributed by atoms with E-state index in [1.165, 1.54) is 0 Å². The zero-order valence-corrected chi connectivity index (χ0v) is 8.71. The van der Waals surface area contributed by atoms with Crippen LogP contribution in [0.1, 0.15) is 11.7 Å². The van der Waals surface area contributed by atoms with E-state index in [0.29, 0.717) is 5.82 Å². The van der Waals surface area contributed by atoms with Crippen LogP contribution < -0.4 is 5.32 Å². The SMILES string of the molecule is Cc1noc(CCNC(=O)C(F)(F)C(F)F)n1. The van der Waals surface area contributed by atoms with Crippen molar-refractivity contribution < 1.29 is 26.9 Å². The summed E-state index contributed by atoms with van der Waals surface area (Å²) in [6.07, 6.45) is -4.04. The van der Waals surface area contributed by atoms with Crippen LogP contribution in [-0.2, 0) is 11.2 Å². The summed E-state index contributed by atoms with van der Waals surface area (Å²) in [5.41, 5.74) is 0. The van der Waals surface area contributed by atoms with E-state index in [-0.39, 0.29) is 18.9 Å². The molecule has 0 saturated carbocycles. The fourth-order valence-corrected chi connectivity index (χ4v) is 0.941. The molecule has 0 aliphatic rings. The summed E-state index contributed by atoms with van der Waals surface area (Å²) in [6, 6.07) is 0. The summed E-state index contributed by atoms with van der Waals surface area (Å²) in [4.78, 5) is 14.4.